The summed E-state index contributed by atoms with van der Waals surface area (Å²) in [4.78, 5) is 11.4. The molecule has 1 aromatic carbocycles. The van der Waals surface area contributed by atoms with Crippen LogP contribution in [-0.2, 0) is 14.9 Å². The molecule has 1 aromatic rings. The van der Waals surface area contributed by atoms with Crippen LogP contribution in [0.1, 0.15) is 18.1 Å². The van der Waals surface area contributed by atoms with E-state index in [1.807, 2.05) is 31.2 Å². The number of hydrogen-bond acceptors (Lipinski definition) is 2. The second-order valence-electron chi connectivity index (χ2n) is 3.02. The summed E-state index contributed by atoms with van der Waals surface area (Å²) >= 11 is 3.37. The first kappa shape index (κ1) is 12.0. The third kappa shape index (κ3) is 2.93. The van der Waals surface area contributed by atoms with Gasteiger partial charge in [-0.1, -0.05) is 46.3 Å². The maximum Gasteiger partial charge on any atom is 0.338 e. The van der Waals surface area contributed by atoms with Gasteiger partial charge in [-0.3, -0.25) is 0 Å². The summed E-state index contributed by atoms with van der Waals surface area (Å²) in [7, 11) is 1.39. The molecule has 2 nitrogen and oxygen atoms in total. The zero-order chi connectivity index (χ0) is 11.3. The molecule has 0 N–H and O–H groups in total. The average Bonchev–Trinajstić information content (AvgIpc) is 2.30. The van der Waals surface area contributed by atoms with Gasteiger partial charge in [-0.2, -0.15) is 0 Å². The molecule has 3 heteroatoms. The first-order chi connectivity index (χ1) is 7.22. The minimum absolute atomic E-state index is 0.302. The van der Waals surface area contributed by atoms with E-state index in [1.54, 1.807) is 6.08 Å². The number of methoxy groups -OCH3 is 1. The maximum absolute atomic E-state index is 11.4. The highest BCUT2D eigenvalue weighted by Crippen LogP contribution is 2.17. The summed E-state index contributed by atoms with van der Waals surface area (Å²) in [5.74, 6) is -0.302. The summed E-state index contributed by atoms with van der Waals surface area (Å²) in [5, 5.41) is 0.816. The minimum atomic E-state index is -0.302. The molecule has 0 spiro atoms. The lowest BCUT2D eigenvalue weighted by molar-refractivity contribution is -0.133. The Hall–Kier alpha value is -1.09. The quantitative estimate of drug-likeness (QED) is 0.478. The van der Waals surface area contributed by atoms with E-state index in [-0.39, 0.29) is 5.97 Å². The Morgan fingerprint density at radius 1 is 1.40 bits per heavy atom. The van der Waals surface area contributed by atoms with Crippen molar-refractivity contribution in [3.8, 4) is 0 Å². The van der Waals surface area contributed by atoms with Gasteiger partial charge in [0.25, 0.3) is 0 Å². The molecule has 0 aliphatic carbocycles. The van der Waals surface area contributed by atoms with E-state index >= 15 is 0 Å². The molecular weight excluding hydrogens is 256 g/mol. The minimum Gasteiger partial charge on any atom is -0.465 e. The Balaban J connectivity index is 2.99. The van der Waals surface area contributed by atoms with Crippen LogP contribution in [-0.4, -0.2) is 13.1 Å². The van der Waals surface area contributed by atoms with Gasteiger partial charge in [-0.05, 0) is 18.1 Å². The van der Waals surface area contributed by atoms with Crippen LogP contribution in [0.5, 0.6) is 0 Å². The summed E-state index contributed by atoms with van der Waals surface area (Å²) in [6.45, 7) is 1.82. The topological polar surface area (TPSA) is 26.3 Å². The van der Waals surface area contributed by atoms with Crippen LogP contribution >= 0.6 is 15.9 Å². The molecule has 0 saturated heterocycles. The van der Waals surface area contributed by atoms with Crippen LogP contribution in [0.4, 0.5) is 0 Å². The van der Waals surface area contributed by atoms with Crippen LogP contribution in [0.15, 0.2) is 30.3 Å². The molecule has 0 amide bonds. The number of rotatable bonds is 3. The molecule has 0 unspecified atom stereocenters. The van der Waals surface area contributed by atoms with E-state index in [0.717, 1.165) is 10.9 Å². The number of halogens is 1. The second kappa shape index (κ2) is 5.71. The third-order valence-electron chi connectivity index (χ3n) is 2.11. The highest BCUT2D eigenvalue weighted by atomic mass is 79.9. The third-order valence-corrected chi connectivity index (χ3v) is 2.76. The highest BCUT2D eigenvalue weighted by molar-refractivity contribution is 9.08. The van der Waals surface area contributed by atoms with Crippen LogP contribution in [0.25, 0.3) is 5.57 Å². The number of allylic oxidation sites excluding steroid dienone is 1. The predicted octanol–water partition coefficient (Wildman–Crippen LogP) is 3.16. The van der Waals surface area contributed by atoms with Crippen LogP contribution in [0, 0.1) is 0 Å². The van der Waals surface area contributed by atoms with Crippen molar-refractivity contribution < 1.29 is 9.53 Å². The lowest BCUT2D eigenvalue weighted by atomic mass is 10.0. The molecule has 0 heterocycles. The van der Waals surface area contributed by atoms with Gasteiger partial charge in [0.2, 0.25) is 0 Å². The van der Waals surface area contributed by atoms with Crippen LogP contribution in [0.3, 0.4) is 0 Å². The van der Waals surface area contributed by atoms with E-state index in [9.17, 15) is 4.79 Å². The standard InChI is InChI=1S/C12H13BrO2/c1-3-11(12(14)15-2)10-6-4-9(8-13)5-7-10/h3-7H,8H2,1-2H3/b11-3-. The van der Waals surface area contributed by atoms with Gasteiger partial charge in [0.1, 0.15) is 0 Å². The van der Waals surface area contributed by atoms with E-state index in [0.29, 0.717) is 5.57 Å². The molecule has 0 aliphatic rings. The van der Waals surface area contributed by atoms with Gasteiger partial charge in [0.15, 0.2) is 0 Å². The van der Waals surface area contributed by atoms with Gasteiger partial charge in [0.05, 0.1) is 12.7 Å². The smallest absolute Gasteiger partial charge is 0.338 e. The monoisotopic (exact) mass is 268 g/mol. The Labute approximate surface area is 98.1 Å². The van der Waals surface area contributed by atoms with E-state index in [4.69, 9.17) is 4.74 Å². The molecular formula is C12H13BrO2. The maximum atomic E-state index is 11.4. The van der Waals surface area contributed by atoms with E-state index < -0.39 is 0 Å². The molecule has 80 valence electrons. The van der Waals surface area contributed by atoms with Crippen molar-refractivity contribution in [1.82, 2.24) is 0 Å². The van der Waals surface area contributed by atoms with Crippen molar-refractivity contribution in [2.45, 2.75) is 12.3 Å². The SMILES string of the molecule is C/C=C(\C(=O)OC)c1ccc(CBr)cc1. The zero-order valence-electron chi connectivity index (χ0n) is 8.79. The fraction of sp³-hybridized carbons (Fsp3) is 0.250. The molecule has 0 aliphatic heterocycles. The molecule has 15 heavy (non-hydrogen) atoms. The molecule has 0 fully saturated rings. The largest absolute Gasteiger partial charge is 0.465 e. The zero-order valence-corrected chi connectivity index (χ0v) is 10.4. The van der Waals surface area contributed by atoms with E-state index in [1.165, 1.54) is 12.7 Å². The number of carbonyl (C=O) groups excluding carboxylic acids is 1. The molecule has 0 atom stereocenters. The number of hydrogen-bond donors (Lipinski definition) is 0. The van der Waals surface area contributed by atoms with Crippen LogP contribution < -0.4 is 0 Å². The normalized spacial score (nSPS) is 11.3. The van der Waals surface area contributed by atoms with Crippen molar-refractivity contribution >= 4 is 27.5 Å². The van der Waals surface area contributed by atoms with Gasteiger partial charge in [-0.15, -0.1) is 0 Å². The van der Waals surface area contributed by atoms with Crippen molar-refractivity contribution in [2.24, 2.45) is 0 Å². The number of ether oxygens (including phenoxy) is 1. The molecule has 0 bridgehead atoms. The number of carbonyl (C=O) groups is 1. The molecule has 0 aromatic heterocycles. The van der Waals surface area contributed by atoms with Gasteiger partial charge in [0, 0.05) is 5.33 Å². The lowest BCUT2D eigenvalue weighted by Crippen LogP contribution is -2.03. The van der Waals surface area contributed by atoms with Gasteiger partial charge < -0.3 is 4.74 Å². The van der Waals surface area contributed by atoms with E-state index in [2.05, 4.69) is 15.9 Å². The Morgan fingerprint density at radius 2 is 2.00 bits per heavy atom. The Morgan fingerprint density at radius 3 is 2.40 bits per heavy atom. The first-order valence-electron chi connectivity index (χ1n) is 4.62. The Kier molecular flexibility index (Phi) is 4.56. The van der Waals surface area contributed by atoms with Crippen molar-refractivity contribution in [3.63, 3.8) is 0 Å². The van der Waals surface area contributed by atoms with Crippen molar-refractivity contribution in [1.29, 1.82) is 0 Å². The molecule has 0 radical (unpaired) electrons. The van der Waals surface area contributed by atoms with Crippen molar-refractivity contribution in [3.05, 3.63) is 41.5 Å². The first-order valence-corrected chi connectivity index (χ1v) is 5.75. The summed E-state index contributed by atoms with van der Waals surface area (Å²) in [5.41, 5.74) is 2.66. The second-order valence-corrected chi connectivity index (χ2v) is 3.59. The summed E-state index contributed by atoms with van der Waals surface area (Å²) < 4.78 is 4.70. The lowest BCUT2D eigenvalue weighted by Gasteiger charge is -2.05. The number of alkyl halides is 1. The van der Waals surface area contributed by atoms with Crippen LogP contribution in [0.2, 0.25) is 0 Å². The fourth-order valence-electron chi connectivity index (χ4n) is 1.29. The highest BCUT2D eigenvalue weighted by Gasteiger charge is 2.10. The number of benzene rings is 1. The van der Waals surface area contributed by atoms with Gasteiger partial charge in [-0.25, -0.2) is 4.79 Å². The van der Waals surface area contributed by atoms with Crippen molar-refractivity contribution in [2.75, 3.05) is 7.11 Å². The molecule has 1 rings (SSSR count). The average molecular weight is 269 g/mol. The molecule has 0 saturated carbocycles. The fourth-order valence-corrected chi connectivity index (χ4v) is 1.66. The predicted molar refractivity (Wildman–Crippen MR) is 64.7 cm³/mol. The Bertz CT molecular complexity index is 366. The summed E-state index contributed by atoms with van der Waals surface area (Å²) in [6, 6.07) is 7.80. The summed E-state index contributed by atoms with van der Waals surface area (Å²) in [6.07, 6.45) is 1.76. The van der Waals surface area contributed by atoms with Gasteiger partial charge >= 0.3 is 5.97 Å². The number of esters is 1.